The van der Waals surface area contributed by atoms with Crippen molar-refractivity contribution in [3.05, 3.63) is 64.4 Å². The Morgan fingerprint density at radius 1 is 1.13 bits per heavy atom. The molecule has 0 saturated heterocycles. The second-order valence-electron chi connectivity index (χ2n) is 5.31. The van der Waals surface area contributed by atoms with Crippen LogP contribution in [0.2, 0.25) is 0 Å². The van der Waals surface area contributed by atoms with Crippen molar-refractivity contribution in [3.8, 4) is 11.4 Å². The number of fused-ring (bicyclic) bond motifs is 2. The summed E-state index contributed by atoms with van der Waals surface area (Å²) in [7, 11) is 1.57. The van der Waals surface area contributed by atoms with E-state index in [0.29, 0.717) is 33.5 Å². The van der Waals surface area contributed by atoms with Crippen molar-refractivity contribution in [3.63, 3.8) is 0 Å². The zero-order valence-electron chi connectivity index (χ0n) is 12.7. The number of aryl methyl sites for hydroxylation is 1. The van der Waals surface area contributed by atoms with E-state index in [9.17, 15) is 4.79 Å². The molecular weight excluding hydrogens is 292 g/mol. The SMILES string of the molecule is COc1ccc2oc3c(c(C)nn3-c3ccccc3)c(=O)c2c1. The first-order valence-electron chi connectivity index (χ1n) is 7.24. The molecule has 0 aliphatic carbocycles. The molecular formula is C18H14N2O3. The van der Waals surface area contributed by atoms with E-state index in [4.69, 9.17) is 9.15 Å². The number of para-hydroxylation sites is 1. The summed E-state index contributed by atoms with van der Waals surface area (Å²) in [4.78, 5) is 12.9. The maximum atomic E-state index is 12.9. The highest BCUT2D eigenvalue weighted by atomic mass is 16.5. The fourth-order valence-electron chi connectivity index (χ4n) is 2.75. The molecule has 4 rings (SSSR count). The van der Waals surface area contributed by atoms with Crippen LogP contribution in [0, 0.1) is 6.92 Å². The third-order valence-electron chi connectivity index (χ3n) is 3.88. The molecule has 2 aromatic carbocycles. The summed E-state index contributed by atoms with van der Waals surface area (Å²) in [6.45, 7) is 1.81. The number of ether oxygens (including phenoxy) is 1. The molecule has 0 aliphatic rings. The van der Waals surface area contributed by atoms with Gasteiger partial charge in [-0.05, 0) is 37.3 Å². The lowest BCUT2D eigenvalue weighted by molar-refractivity contribution is 0.415. The van der Waals surface area contributed by atoms with Crippen LogP contribution in [0.4, 0.5) is 0 Å². The fraction of sp³-hybridized carbons (Fsp3) is 0.111. The van der Waals surface area contributed by atoms with Crippen molar-refractivity contribution >= 4 is 22.1 Å². The van der Waals surface area contributed by atoms with Crippen LogP contribution in [-0.2, 0) is 0 Å². The number of benzene rings is 2. The van der Waals surface area contributed by atoms with Gasteiger partial charge in [-0.25, -0.2) is 0 Å². The van der Waals surface area contributed by atoms with E-state index in [-0.39, 0.29) is 5.43 Å². The largest absolute Gasteiger partial charge is 0.497 e. The quantitative estimate of drug-likeness (QED) is 0.569. The van der Waals surface area contributed by atoms with Gasteiger partial charge in [0, 0.05) is 0 Å². The molecule has 23 heavy (non-hydrogen) atoms. The number of rotatable bonds is 2. The van der Waals surface area contributed by atoms with Gasteiger partial charge in [-0.2, -0.15) is 9.78 Å². The summed E-state index contributed by atoms with van der Waals surface area (Å²) in [6, 6.07) is 14.8. The highest BCUT2D eigenvalue weighted by Gasteiger charge is 2.17. The van der Waals surface area contributed by atoms with Crippen LogP contribution in [0.25, 0.3) is 27.8 Å². The Balaban J connectivity index is 2.12. The minimum absolute atomic E-state index is 0.0974. The lowest BCUT2D eigenvalue weighted by Crippen LogP contribution is -2.03. The first-order valence-corrected chi connectivity index (χ1v) is 7.24. The van der Waals surface area contributed by atoms with Gasteiger partial charge >= 0.3 is 0 Å². The monoisotopic (exact) mass is 306 g/mol. The first kappa shape index (κ1) is 13.6. The Morgan fingerprint density at radius 2 is 1.91 bits per heavy atom. The molecule has 0 spiro atoms. The van der Waals surface area contributed by atoms with Gasteiger partial charge in [-0.15, -0.1) is 0 Å². The van der Waals surface area contributed by atoms with E-state index in [1.807, 2.05) is 37.3 Å². The molecule has 2 aromatic heterocycles. The van der Waals surface area contributed by atoms with Gasteiger partial charge in [0.15, 0.2) is 0 Å². The van der Waals surface area contributed by atoms with Crippen molar-refractivity contribution in [2.75, 3.05) is 7.11 Å². The van der Waals surface area contributed by atoms with Crippen LogP contribution in [0.1, 0.15) is 5.69 Å². The molecule has 0 N–H and O–H groups in total. The van der Waals surface area contributed by atoms with Crippen molar-refractivity contribution in [2.45, 2.75) is 6.92 Å². The predicted octanol–water partition coefficient (Wildman–Crippen LogP) is 3.45. The van der Waals surface area contributed by atoms with Crippen LogP contribution in [-0.4, -0.2) is 16.9 Å². The van der Waals surface area contributed by atoms with Gasteiger partial charge in [-0.1, -0.05) is 18.2 Å². The topological polar surface area (TPSA) is 57.3 Å². The van der Waals surface area contributed by atoms with Crippen LogP contribution in [0.3, 0.4) is 0 Å². The van der Waals surface area contributed by atoms with E-state index in [1.165, 1.54) is 0 Å². The second kappa shape index (κ2) is 4.98. The smallest absolute Gasteiger partial charge is 0.234 e. The average molecular weight is 306 g/mol. The third kappa shape index (κ3) is 2.01. The molecule has 0 atom stereocenters. The van der Waals surface area contributed by atoms with Crippen LogP contribution in [0.15, 0.2) is 57.7 Å². The molecule has 0 saturated carbocycles. The van der Waals surface area contributed by atoms with Gasteiger partial charge < -0.3 is 9.15 Å². The molecule has 5 heteroatoms. The molecule has 0 unspecified atom stereocenters. The summed E-state index contributed by atoms with van der Waals surface area (Å²) in [5.41, 5.74) is 2.36. The van der Waals surface area contributed by atoms with E-state index in [1.54, 1.807) is 30.0 Å². The minimum Gasteiger partial charge on any atom is -0.497 e. The number of aromatic nitrogens is 2. The Hall–Kier alpha value is -3.08. The Kier molecular flexibility index (Phi) is 2.94. The maximum absolute atomic E-state index is 12.9. The van der Waals surface area contributed by atoms with Crippen molar-refractivity contribution in [1.82, 2.24) is 9.78 Å². The van der Waals surface area contributed by atoms with E-state index in [2.05, 4.69) is 5.10 Å². The van der Waals surface area contributed by atoms with Gasteiger partial charge in [0.05, 0.1) is 23.9 Å². The number of hydrogen-bond donors (Lipinski definition) is 0. The molecule has 0 amide bonds. The van der Waals surface area contributed by atoms with Crippen LogP contribution in [0.5, 0.6) is 5.75 Å². The Labute approximate surface area is 131 Å². The Morgan fingerprint density at radius 3 is 2.65 bits per heavy atom. The first-order chi connectivity index (χ1) is 11.2. The Bertz CT molecular complexity index is 1080. The summed E-state index contributed by atoms with van der Waals surface area (Å²) in [5.74, 6) is 0.622. The zero-order valence-corrected chi connectivity index (χ0v) is 12.7. The van der Waals surface area contributed by atoms with Crippen LogP contribution < -0.4 is 10.2 Å². The maximum Gasteiger partial charge on any atom is 0.234 e. The highest BCUT2D eigenvalue weighted by Crippen LogP contribution is 2.25. The summed E-state index contributed by atoms with van der Waals surface area (Å²) in [6.07, 6.45) is 0. The lowest BCUT2D eigenvalue weighted by Gasteiger charge is -2.04. The predicted molar refractivity (Wildman–Crippen MR) is 88.4 cm³/mol. The van der Waals surface area contributed by atoms with Crippen molar-refractivity contribution in [1.29, 1.82) is 0 Å². The van der Waals surface area contributed by atoms with Gasteiger partial charge in [0.1, 0.15) is 16.7 Å². The van der Waals surface area contributed by atoms with E-state index >= 15 is 0 Å². The normalized spacial score (nSPS) is 11.2. The molecule has 0 aliphatic heterocycles. The van der Waals surface area contributed by atoms with Crippen molar-refractivity contribution < 1.29 is 9.15 Å². The van der Waals surface area contributed by atoms with E-state index in [0.717, 1.165) is 5.69 Å². The molecule has 5 nitrogen and oxygen atoms in total. The minimum atomic E-state index is -0.0974. The molecule has 114 valence electrons. The van der Waals surface area contributed by atoms with E-state index < -0.39 is 0 Å². The van der Waals surface area contributed by atoms with Crippen molar-refractivity contribution in [2.24, 2.45) is 0 Å². The standard InChI is InChI=1S/C18H14N2O3/c1-11-16-17(21)14-10-13(22-2)8-9-15(14)23-18(16)20(19-11)12-6-4-3-5-7-12/h3-10H,1-2H3. The molecule has 0 radical (unpaired) electrons. The second-order valence-corrected chi connectivity index (χ2v) is 5.31. The average Bonchev–Trinajstić information content (AvgIpc) is 2.92. The fourth-order valence-corrected chi connectivity index (χ4v) is 2.75. The number of methoxy groups -OCH3 is 1. The van der Waals surface area contributed by atoms with Crippen LogP contribution >= 0.6 is 0 Å². The van der Waals surface area contributed by atoms with Gasteiger partial charge in [0.2, 0.25) is 11.1 Å². The van der Waals surface area contributed by atoms with Gasteiger partial charge in [-0.3, -0.25) is 4.79 Å². The molecule has 0 bridgehead atoms. The zero-order chi connectivity index (χ0) is 16.0. The molecule has 0 fully saturated rings. The summed E-state index contributed by atoms with van der Waals surface area (Å²) in [5, 5.41) is 5.47. The third-order valence-corrected chi connectivity index (χ3v) is 3.88. The lowest BCUT2D eigenvalue weighted by atomic mass is 10.1. The summed E-state index contributed by atoms with van der Waals surface area (Å²) >= 11 is 0. The van der Waals surface area contributed by atoms with Gasteiger partial charge in [0.25, 0.3) is 0 Å². The number of nitrogens with zero attached hydrogens (tertiary/aromatic N) is 2. The highest BCUT2D eigenvalue weighted by molar-refractivity contribution is 5.90. The molecule has 2 heterocycles. The molecule has 4 aromatic rings. The summed E-state index contributed by atoms with van der Waals surface area (Å²) < 4.78 is 12.8. The number of hydrogen-bond acceptors (Lipinski definition) is 4.